The van der Waals surface area contributed by atoms with Crippen LogP contribution in [0, 0.1) is 0 Å². The number of carbonyl (C=O) groups is 2. The first-order valence-corrected chi connectivity index (χ1v) is 12.8. The van der Waals surface area contributed by atoms with Crippen molar-refractivity contribution in [2.24, 2.45) is 5.16 Å². The van der Waals surface area contributed by atoms with Gasteiger partial charge in [-0.1, -0.05) is 22.8 Å². The van der Waals surface area contributed by atoms with E-state index >= 15 is 0 Å². The molecule has 7 nitrogen and oxygen atoms in total. The highest BCUT2D eigenvalue weighted by atomic mass is 35.5. The topological polar surface area (TPSA) is 74.2 Å². The number of alkyl halides is 12. The van der Waals surface area contributed by atoms with E-state index in [1.807, 2.05) is 5.43 Å². The second-order valence-corrected chi connectivity index (χ2v) is 10.3. The van der Waals surface area contributed by atoms with E-state index in [0.29, 0.717) is 28.1 Å². The molecule has 2 aliphatic rings. The first-order chi connectivity index (χ1) is 20.5. The Hall–Kier alpha value is -3.90. The minimum Gasteiger partial charge on any atom is -0.374 e. The molecular formula is C25H17ClF12N4O3. The highest BCUT2D eigenvalue weighted by Crippen LogP contribution is 2.50. The summed E-state index contributed by atoms with van der Waals surface area (Å²) >= 11 is 5.63. The molecule has 1 fully saturated rings. The lowest BCUT2D eigenvalue weighted by atomic mass is 9.85. The van der Waals surface area contributed by atoms with Crippen LogP contribution in [0.1, 0.15) is 45.5 Å². The van der Waals surface area contributed by atoms with E-state index in [0.717, 1.165) is 6.07 Å². The number of rotatable bonds is 5. The maximum absolute atomic E-state index is 14.3. The van der Waals surface area contributed by atoms with E-state index < -0.39 is 93.8 Å². The number of nitrogens with zero attached hydrogens (tertiary/aromatic N) is 3. The van der Waals surface area contributed by atoms with E-state index in [-0.39, 0.29) is 31.6 Å². The Morgan fingerprint density at radius 3 is 2.18 bits per heavy atom. The van der Waals surface area contributed by atoms with Crippen LogP contribution in [0.4, 0.5) is 57.5 Å². The van der Waals surface area contributed by atoms with Gasteiger partial charge in [0.25, 0.3) is 11.5 Å². The first kappa shape index (κ1) is 34.0. The van der Waals surface area contributed by atoms with Crippen LogP contribution in [-0.2, 0) is 22.8 Å². The third-order valence-corrected chi connectivity index (χ3v) is 6.92. The van der Waals surface area contributed by atoms with Crippen molar-refractivity contribution < 1.29 is 67.1 Å². The molecule has 0 bridgehead atoms. The molecule has 1 saturated heterocycles. The van der Waals surface area contributed by atoms with Crippen LogP contribution in [0.15, 0.2) is 41.6 Å². The van der Waals surface area contributed by atoms with Gasteiger partial charge in [0.15, 0.2) is 0 Å². The number of hydrogen-bond donors (Lipinski definition) is 1. The Morgan fingerprint density at radius 2 is 1.60 bits per heavy atom. The lowest BCUT2D eigenvalue weighted by molar-refractivity contribution is -0.276. The lowest BCUT2D eigenvalue weighted by Gasteiger charge is -2.35. The second-order valence-electron chi connectivity index (χ2n) is 9.88. The van der Waals surface area contributed by atoms with Crippen molar-refractivity contribution in [3.8, 4) is 0 Å². The third kappa shape index (κ3) is 7.17. The summed E-state index contributed by atoms with van der Waals surface area (Å²) in [4.78, 5) is 30.0. The molecule has 1 atom stereocenters. The third-order valence-electron chi connectivity index (χ3n) is 6.70. The number of amides is 3. The van der Waals surface area contributed by atoms with Crippen LogP contribution in [0.3, 0.4) is 0 Å². The number of nitrogens with one attached hydrogen (secondary N) is 1. The normalized spacial score (nSPS) is 19.8. The molecule has 0 radical (unpaired) electrons. The van der Waals surface area contributed by atoms with Crippen LogP contribution >= 0.6 is 11.6 Å². The zero-order valence-electron chi connectivity index (χ0n) is 22.0. The zero-order chi connectivity index (χ0) is 33.8. The molecule has 2 aromatic carbocycles. The number of hydrazine groups is 1. The molecule has 4 rings (SSSR count). The van der Waals surface area contributed by atoms with Gasteiger partial charge < -0.3 is 9.74 Å². The number of carbonyl (C=O) groups excluding carboxylic acids is 2. The Kier molecular flexibility index (Phi) is 8.66. The quantitative estimate of drug-likeness (QED) is 0.336. The van der Waals surface area contributed by atoms with Crippen molar-refractivity contribution in [2.75, 3.05) is 19.6 Å². The van der Waals surface area contributed by atoms with Crippen LogP contribution in [0.25, 0.3) is 0 Å². The summed E-state index contributed by atoms with van der Waals surface area (Å²) < 4.78 is 163. The largest absolute Gasteiger partial charge is 0.435 e. The molecule has 0 saturated carbocycles. The highest BCUT2D eigenvalue weighted by molar-refractivity contribution is 6.30. The Bertz CT molecular complexity index is 1520. The standard InChI is InChI=1S/C25H17ClF12N4O3/c26-15-8-13(7-14(9-15)23(30,31)32)21(25(36,37)38)10-18(40-45-21)12-2-3-16(17(6-12)24(33,34)35)19(43)39-42-5-1-4-41(20(42)44)11-22(27,28)29/h2-3,6-9H,1,4-5,10-11H2,(H,39,43). The van der Waals surface area contributed by atoms with Gasteiger partial charge in [-0.2, -0.15) is 52.7 Å². The van der Waals surface area contributed by atoms with Crippen molar-refractivity contribution in [3.63, 3.8) is 0 Å². The van der Waals surface area contributed by atoms with Crippen molar-refractivity contribution in [3.05, 3.63) is 69.2 Å². The summed E-state index contributed by atoms with van der Waals surface area (Å²) in [5.74, 6) is -1.58. The number of hydrogen-bond acceptors (Lipinski definition) is 4. The molecular weight excluding hydrogens is 668 g/mol. The highest BCUT2D eigenvalue weighted by Gasteiger charge is 2.63. The fraction of sp³-hybridized carbons (Fsp3) is 0.400. The van der Waals surface area contributed by atoms with Crippen molar-refractivity contribution in [1.29, 1.82) is 0 Å². The fourth-order valence-corrected chi connectivity index (χ4v) is 4.87. The van der Waals surface area contributed by atoms with Gasteiger partial charge in [-0.05, 0) is 36.8 Å². The molecule has 1 unspecified atom stereocenters. The van der Waals surface area contributed by atoms with Gasteiger partial charge in [0.2, 0.25) is 0 Å². The molecule has 2 aliphatic heterocycles. The molecule has 45 heavy (non-hydrogen) atoms. The minimum absolute atomic E-state index is 0.0783. The zero-order valence-corrected chi connectivity index (χ0v) is 22.7. The van der Waals surface area contributed by atoms with Gasteiger partial charge in [-0.15, -0.1) is 0 Å². The van der Waals surface area contributed by atoms with E-state index in [1.54, 1.807) is 0 Å². The summed E-state index contributed by atoms with van der Waals surface area (Å²) in [7, 11) is 0. The number of benzene rings is 2. The van der Waals surface area contributed by atoms with Gasteiger partial charge in [0, 0.05) is 35.7 Å². The van der Waals surface area contributed by atoms with Gasteiger partial charge >= 0.3 is 30.7 Å². The molecule has 20 heteroatoms. The summed E-state index contributed by atoms with van der Waals surface area (Å²) in [5.41, 5.74) is -8.80. The summed E-state index contributed by atoms with van der Waals surface area (Å²) in [6.07, 6.45) is -22.2. The monoisotopic (exact) mass is 684 g/mol. The van der Waals surface area contributed by atoms with Crippen molar-refractivity contribution in [2.45, 2.75) is 43.1 Å². The Balaban J connectivity index is 1.65. The Labute approximate surface area is 249 Å². The number of oxime groups is 1. The van der Waals surface area contributed by atoms with E-state index in [1.165, 1.54) is 0 Å². The van der Waals surface area contributed by atoms with Crippen molar-refractivity contribution >= 4 is 29.3 Å². The average molecular weight is 685 g/mol. The number of urea groups is 1. The second kappa shape index (κ2) is 11.5. The summed E-state index contributed by atoms with van der Waals surface area (Å²) in [5, 5.41) is 2.86. The van der Waals surface area contributed by atoms with Gasteiger partial charge in [-0.25, -0.2) is 9.80 Å². The fourth-order valence-electron chi connectivity index (χ4n) is 4.63. The van der Waals surface area contributed by atoms with Crippen LogP contribution in [0.5, 0.6) is 0 Å². The molecule has 1 N–H and O–H groups in total. The molecule has 0 aromatic heterocycles. The van der Waals surface area contributed by atoms with Crippen LogP contribution in [0.2, 0.25) is 5.02 Å². The van der Waals surface area contributed by atoms with Crippen LogP contribution < -0.4 is 5.43 Å². The average Bonchev–Trinajstić information content (AvgIpc) is 3.36. The van der Waals surface area contributed by atoms with Gasteiger partial charge in [0.1, 0.15) is 6.54 Å². The van der Waals surface area contributed by atoms with E-state index in [9.17, 15) is 62.3 Å². The summed E-state index contributed by atoms with van der Waals surface area (Å²) in [6.45, 7) is -2.37. The van der Waals surface area contributed by atoms with Gasteiger partial charge in [-0.3, -0.25) is 10.2 Å². The maximum Gasteiger partial charge on any atom is 0.435 e. The molecule has 2 heterocycles. The van der Waals surface area contributed by atoms with E-state index in [2.05, 4.69) is 9.99 Å². The minimum atomic E-state index is -5.46. The molecule has 246 valence electrons. The molecule has 0 spiro atoms. The molecule has 0 aliphatic carbocycles. The predicted octanol–water partition coefficient (Wildman–Crippen LogP) is 7.29. The summed E-state index contributed by atoms with van der Waals surface area (Å²) in [6, 6.07) is 1.16. The SMILES string of the molecule is O=C(NN1CCCN(CC(F)(F)F)C1=O)c1ccc(C2=NOC(c3cc(Cl)cc(C(F)(F)F)c3)(C(F)(F)F)C2)cc1C(F)(F)F. The predicted molar refractivity (Wildman–Crippen MR) is 130 cm³/mol. The first-order valence-electron chi connectivity index (χ1n) is 12.4. The lowest BCUT2D eigenvalue weighted by Crippen LogP contribution is -2.58. The van der Waals surface area contributed by atoms with Gasteiger partial charge in [0.05, 0.1) is 22.4 Å². The maximum atomic E-state index is 14.3. The molecule has 2 aromatic rings. The van der Waals surface area contributed by atoms with E-state index in [4.69, 9.17) is 11.6 Å². The Morgan fingerprint density at radius 1 is 0.933 bits per heavy atom. The smallest absolute Gasteiger partial charge is 0.374 e. The van der Waals surface area contributed by atoms with Crippen LogP contribution in [-0.4, -0.2) is 59.5 Å². The van der Waals surface area contributed by atoms with Crippen molar-refractivity contribution in [1.82, 2.24) is 15.3 Å². The molecule has 3 amide bonds. The number of halogens is 13.